The minimum atomic E-state index is 0.264. The predicted molar refractivity (Wildman–Crippen MR) is 102 cm³/mol. The molecule has 0 radical (unpaired) electrons. The Morgan fingerprint density at radius 3 is 1.50 bits per heavy atom. The van der Waals surface area contributed by atoms with E-state index in [4.69, 9.17) is 9.47 Å². The highest BCUT2D eigenvalue weighted by atomic mass is 16.5. The van der Waals surface area contributed by atoms with E-state index in [2.05, 4.69) is 0 Å². The molecule has 0 fully saturated rings. The van der Waals surface area contributed by atoms with Gasteiger partial charge in [-0.05, 0) is 59.3 Å². The quantitative estimate of drug-likeness (QED) is 0.507. The second-order valence-corrected chi connectivity index (χ2v) is 6.02. The van der Waals surface area contributed by atoms with Crippen LogP contribution in [0.1, 0.15) is 0 Å². The molecule has 0 saturated heterocycles. The van der Waals surface area contributed by atoms with Gasteiger partial charge in [0.15, 0.2) is 0 Å². The normalized spacial score (nSPS) is 10.9. The molecule has 4 heteroatoms. The van der Waals surface area contributed by atoms with E-state index in [0.29, 0.717) is 13.2 Å². The molecule has 0 atom stereocenters. The van der Waals surface area contributed by atoms with Crippen LogP contribution in [0.15, 0.2) is 72.8 Å². The number of hydrogen-bond acceptors (Lipinski definition) is 4. The molecule has 0 bridgehead atoms. The number of phenolic OH excluding ortho intramolecular Hbond substituents is 2. The van der Waals surface area contributed by atoms with Crippen molar-refractivity contribution in [3.05, 3.63) is 72.8 Å². The lowest BCUT2D eigenvalue weighted by molar-refractivity contribution is 0.217. The highest BCUT2D eigenvalue weighted by Crippen LogP contribution is 2.29. The number of aromatic hydroxyl groups is 2. The summed E-state index contributed by atoms with van der Waals surface area (Å²) in [5.41, 5.74) is 0. The van der Waals surface area contributed by atoms with Crippen LogP contribution in [0.3, 0.4) is 0 Å². The molecule has 4 aromatic carbocycles. The van der Waals surface area contributed by atoms with Crippen molar-refractivity contribution < 1.29 is 19.7 Å². The molecule has 2 N–H and O–H groups in total. The smallest absolute Gasteiger partial charge is 0.123 e. The Labute approximate surface area is 150 Å². The molecule has 4 nitrogen and oxygen atoms in total. The van der Waals surface area contributed by atoms with Crippen LogP contribution in [0.25, 0.3) is 21.5 Å². The summed E-state index contributed by atoms with van der Waals surface area (Å²) in [5, 5.41) is 23.1. The number of phenols is 2. The van der Waals surface area contributed by atoms with Crippen molar-refractivity contribution in [3.8, 4) is 23.0 Å². The molecule has 26 heavy (non-hydrogen) atoms. The molecule has 4 aromatic rings. The van der Waals surface area contributed by atoms with E-state index in [1.54, 1.807) is 12.1 Å². The molecule has 0 amide bonds. The Morgan fingerprint density at radius 2 is 1.04 bits per heavy atom. The van der Waals surface area contributed by atoms with Gasteiger partial charge in [-0.15, -0.1) is 0 Å². The minimum absolute atomic E-state index is 0.264. The van der Waals surface area contributed by atoms with Crippen molar-refractivity contribution in [2.45, 2.75) is 0 Å². The van der Waals surface area contributed by atoms with Crippen LogP contribution < -0.4 is 9.47 Å². The van der Waals surface area contributed by atoms with Crippen molar-refractivity contribution in [2.75, 3.05) is 13.2 Å². The van der Waals surface area contributed by atoms with Gasteiger partial charge in [-0.25, -0.2) is 0 Å². The van der Waals surface area contributed by atoms with Gasteiger partial charge in [0.25, 0.3) is 0 Å². The number of benzene rings is 4. The largest absolute Gasteiger partial charge is 0.507 e. The predicted octanol–water partition coefficient (Wildman–Crippen LogP) is 4.86. The lowest BCUT2D eigenvalue weighted by Crippen LogP contribution is -2.08. The second-order valence-electron chi connectivity index (χ2n) is 6.02. The monoisotopic (exact) mass is 346 g/mol. The maximum absolute atomic E-state index is 9.82. The first kappa shape index (κ1) is 16.1. The number of hydrogen-bond donors (Lipinski definition) is 2. The molecule has 0 unspecified atom stereocenters. The molecular formula is C22H18O4. The molecule has 130 valence electrons. The number of rotatable bonds is 5. The Hall–Kier alpha value is -3.40. The maximum Gasteiger partial charge on any atom is 0.123 e. The molecule has 0 heterocycles. The summed E-state index contributed by atoms with van der Waals surface area (Å²) < 4.78 is 11.5. The average molecular weight is 346 g/mol. The van der Waals surface area contributed by atoms with Crippen molar-refractivity contribution in [3.63, 3.8) is 0 Å². The van der Waals surface area contributed by atoms with E-state index in [1.165, 1.54) is 0 Å². The van der Waals surface area contributed by atoms with E-state index < -0.39 is 0 Å². The van der Waals surface area contributed by atoms with Gasteiger partial charge in [0.05, 0.1) is 0 Å². The minimum Gasteiger partial charge on any atom is -0.507 e. The first-order chi connectivity index (χ1) is 12.7. The summed E-state index contributed by atoms with van der Waals surface area (Å²) >= 11 is 0. The molecule has 0 aliphatic rings. The first-order valence-corrected chi connectivity index (χ1v) is 8.40. The van der Waals surface area contributed by atoms with Crippen LogP contribution in [0.4, 0.5) is 0 Å². The summed E-state index contributed by atoms with van der Waals surface area (Å²) in [4.78, 5) is 0. The zero-order valence-electron chi connectivity index (χ0n) is 14.1. The van der Waals surface area contributed by atoms with Gasteiger partial charge in [-0.3, -0.25) is 0 Å². The van der Waals surface area contributed by atoms with Crippen molar-refractivity contribution >= 4 is 21.5 Å². The third-order valence-corrected chi connectivity index (χ3v) is 4.28. The summed E-state index contributed by atoms with van der Waals surface area (Å²) in [6.45, 7) is 0.810. The highest BCUT2D eigenvalue weighted by molar-refractivity contribution is 5.89. The Kier molecular flexibility index (Phi) is 4.23. The highest BCUT2D eigenvalue weighted by Gasteiger charge is 2.03. The van der Waals surface area contributed by atoms with Crippen molar-refractivity contribution in [1.29, 1.82) is 0 Å². The van der Waals surface area contributed by atoms with Crippen molar-refractivity contribution in [1.82, 2.24) is 0 Å². The molecule has 0 aromatic heterocycles. The van der Waals surface area contributed by atoms with E-state index >= 15 is 0 Å². The molecule has 4 rings (SSSR count). The maximum atomic E-state index is 9.82. The van der Waals surface area contributed by atoms with E-state index in [0.717, 1.165) is 33.0 Å². The number of ether oxygens (including phenoxy) is 2. The van der Waals surface area contributed by atoms with Crippen LogP contribution in [-0.4, -0.2) is 23.4 Å². The summed E-state index contributed by atoms with van der Waals surface area (Å²) in [7, 11) is 0. The Bertz CT molecular complexity index is 985. The SMILES string of the molecule is Oc1cccc2cc(OCCOc3ccc4c(O)cccc4c3)ccc12. The zero-order chi connectivity index (χ0) is 17.9. The Balaban J connectivity index is 1.38. The van der Waals surface area contributed by atoms with Crippen LogP contribution in [0, 0.1) is 0 Å². The summed E-state index contributed by atoms with van der Waals surface area (Å²) in [6.07, 6.45) is 0. The summed E-state index contributed by atoms with van der Waals surface area (Å²) in [6, 6.07) is 22.0. The van der Waals surface area contributed by atoms with E-state index in [1.807, 2.05) is 60.7 Å². The lowest BCUT2D eigenvalue weighted by atomic mass is 10.1. The lowest BCUT2D eigenvalue weighted by Gasteiger charge is -2.10. The van der Waals surface area contributed by atoms with E-state index in [9.17, 15) is 10.2 Å². The van der Waals surface area contributed by atoms with Crippen LogP contribution >= 0.6 is 0 Å². The van der Waals surface area contributed by atoms with Gasteiger partial charge >= 0.3 is 0 Å². The van der Waals surface area contributed by atoms with Crippen LogP contribution in [0.5, 0.6) is 23.0 Å². The summed E-state index contributed by atoms with van der Waals surface area (Å²) in [5.74, 6) is 1.99. The van der Waals surface area contributed by atoms with E-state index in [-0.39, 0.29) is 11.5 Å². The zero-order valence-corrected chi connectivity index (χ0v) is 14.1. The van der Waals surface area contributed by atoms with Crippen molar-refractivity contribution in [2.24, 2.45) is 0 Å². The fourth-order valence-electron chi connectivity index (χ4n) is 2.99. The first-order valence-electron chi connectivity index (χ1n) is 8.40. The standard InChI is InChI=1S/C22H18O4/c23-21-5-1-3-15-13-17(7-9-19(15)21)25-11-12-26-18-8-10-20-16(14-18)4-2-6-22(20)24/h1-10,13-14,23-24H,11-12H2. The Morgan fingerprint density at radius 1 is 0.577 bits per heavy atom. The topological polar surface area (TPSA) is 58.9 Å². The van der Waals surface area contributed by atoms with Crippen LogP contribution in [0.2, 0.25) is 0 Å². The molecule has 0 spiro atoms. The van der Waals surface area contributed by atoms with Gasteiger partial charge in [0.1, 0.15) is 36.2 Å². The van der Waals surface area contributed by atoms with Gasteiger partial charge in [-0.1, -0.05) is 24.3 Å². The molecule has 0 aliphatic carbocycles. The van der Waals surface area contributed by atoms with Crippen LogP contribution in [-0.2, 0) is 0 Å². The molecule has 0 saturated carbocycles. The fraction of sp³-hybridized carbons (Fsp3) is 0.0909. The second kappa shape index (κ2) is 6.84. The molecule has 0 aliphatic heterocycles. The van der Waals surface area contributed by atoms with Gasteiger partial charge in [-0.2, -0.15) is 0 Å². The number of fused-ring (bicyclic) bond motifs is 2. The van der Waals surface area contributed by atoms with Gasteiger partial charge in [0.2, 0.25) is 0 Å². The third-order valence-electron chi connectivity index (χ3n) is 4.28. The average Bonchev–Trinajstić information content (AvgIpc) is 2.65. The third kappa shape index (κ3) is 3.22. The van der Waals surface area contributed by atoms with Gasteiger partial charge in [0, 0.05) is 10.8 Å². The van der Waals surface area contributed by atoms with Gasteiger partial charge < -0.3 is 19.7 Å². The molecular weight excluding hydrogens is 328 g/mol. The fourth-order valence-corrected chi connectivity index (χ4v) is 2.99.